The highest BCUT2D eigenvalue weighted by molar-refractivity contribution is 7.89. The summed E-state index contributed by atoms with van der Waals surface area (Å²) in [6, 6.07) is 6.03. The van der Waals surface area contributed by atoms with Crippen LogP contribution in [0.15, 0.2) is 40.4 Å². The maximum atomic E-state index is 12.9. The first-order chi connectivity index (χ1) is 16.0. The van der Waals surface area contributed by atoms with Crippen LogP contribution < -0.4 is 11.1 Å². The zero-order valence-electron chi connectivity index (χ0n) is 19.2. The molecule has 1 aliphatic heterocycles. The molecule has 11 nitrogen and oxygen atoms in total. The van der Waals surface area contributed by atoms with Crippen molar-refractivity contribution in [3.8, 4) is 6.07 Å². The van der Waals surface area contributed by atoms with E-state index in [2.05, 4.69) is 5.32 Å². The second-order valence-corrected chi connectivity index (χ2v) is 9.88. The van der Waals surface area contributed by atoms with Crippen LogP contribution in [-0.2, 0) is 29.1 Å². The Morgan fingerprint density at radius 2 is 1.91 bits per heavy atom. The monoisotopic (exact) mass is 492 g/mol. The molecule has 1 fully saturated rings. The number of ether oxygens (including phenoxy) is 2. The van der Waals surface area contributed by atoms with Crippen LogP contribution in [0.4, 0.5) is 0 Å². The van der Waals surface area contributed by atoms with E-state index in [1.54, 1.807) is 19.9 Å². The summed E-state index contributed by atoms with van der Waals surface area (Å²) in [7, 11) is -3.81. The number of nitriles is 1. The van der Waals surface area contributed by atoms with Crippen molar-refractivity contribution < 1.29 is 32.3 Å². The third-order valence-corrected chi connectivity index (χ3v) is 6.94. The first kappa shape index (κ1) is 27.0. The molecule has 0 aliphatic carbocycles. The van der Waals surface area contributed by atoms with Crippen molar-refractivity contribution in [1.29, 1.82) is 5.26 Å². The van der Waals surface area contributed by atoms with E-state index < -0.39 is 46.2 Å². The number of ketones is 1. The van der Waals surface area contributed by atoms with Gasteiger partial charge in [0, 0.05) is 24.4 Å². The van der Waals surface area contributed by atoms with Gasteiger partial charge in [-0.15, -0.1) is 0 Å². The number of rotatable bonds is 9. The standard InChI is InChI=1S/C22H28N4O7S/c1-14(2)20(22(29)33-13-19(27)18(12-23)15(3)24)25-21(28)16-5-4-6-17(11-16)34(30,31)26-7-9-32-10-8-26/h4-6,11,14,20H,7-10,13,24H2,1-3H3,(H,25,28)/b18-15+. The van der Waals surface area contributed by atoms with Gasteiger partial charge in [-0.1, -0.05) is 19.9 Å². The van der Waals surface area contributed by atoms with Crippen LogP contribution in [-0.4, -0.2) is 69.3 Å². The van der Waals surface area contributed by atoms with Crippen LogP contribution in [0.1, 0.15) is 31.1 Å². The van der Waals surface area contributed by atoms with Gasteiger partial charge in [0.2, 0.25) is 15.8 Å². The predicted molar refractivity (Wildman–Crippen MR) is 121 cm³/mol. The van der Waals surface area contributed by atoms with E-state index in [-0.39, 0.29) is 48.0 Å². The molecular weight excluding hydrogens is 464 g/mol. The number of carbonyl (C=O) groups is 3. The van der Waals surface area contributed by atoms with Gasteiger partial charge < -0.3 is 20.5 Å². The van der Waals surface area contributed by atoms with E-state index in [1.165, 1.54) is 35.5 Å². The number of benzene rings is 1. The Morgan fingerprint density at radius 1 is 1.26 bits per heavy atom. The summed E-state index contributed by atoms with van der Waals surface area (Å²) >= 11 is 0. The van der Waals surface area contributed by atoms with Crippen molar-refractivity contribution in [3.63, 3.8) is 0 Å². The van der Waals surface area contributed by atoms with Crippen molar-refractivity contribution in [3.05, 3.63) is 41.1 Å². The predicted octanol–water partition coefficient (Wildman–Crippen LogP) is 0.330. The molecule has 1 aromatic rings. The third kappa shape index (κ3) is 6.63. The molecule has 0 spiro atoms. The van der Waals surface area contributed by atoms with Gasteiger partial charge in [-0.2, -0.15) is 9.57 Å². The van der Waals surface area contributed by atoms with E-state index in [4.69, 9.17) is 20.5 Å². The van der Waals surface area contributed by atoms with E-state index in [0.29, 0.717) is 0 Å². The van der Waals surface area contributed by atoms with Crippen molar-refractivity contribution in [2.24, 2.45) is 11.7 Å². The van der Waals surface area contributed by atoms with Gasteiger partial charge in [0.1, 0.15) is 17.7 Å². The Morgan fingerprint density at radius 3 is 2.47 bits per heavy atom. The first-order valence-corrected chi connectivity index (χ1v) is 12.0. The van der Waals surface area contributed by atoms with Gasteiger partial charge in [0.05, 0.1) is 18.1 Å². The van der Waals surface area contributed by atoms with Crippen LogP contribution in [0.5, 0.6) is 0 Å². The largest absolute Gasteiger partial charge is 0.456 e. The molecule has 0 saturated carbocycles. The number of hydrogen-bond acceptors (Lipinski definition) is 9. The summed E-state index contributed by atoms with van der Waals surface area (Å²) in [6.07, 6.45) is 0. The fourth-order valence-corrected chi connectivity index (χ4v) is 4.58. The Balaban J connectivity index is 2.13. The molecule has 1 amide bonds. The maximum Gasteiger partial charge on any atom is 0.329 e. The van der Waals surface area contributed by atoms with Crippen LogP contribution in [0.25, 0.3) is 0 Å². The topological polar surface area (TPSA) is 169 Å². The average molecular weight is 493 g/mol. The van der Waals surface area contributed by atoms with Gasteiger partial charge in [0.25, 0.3) is 5.91 Å². The molecule has 1 aromatic carbocycles. The summed E-state index contributed by atoms with van der Waals surface area (Å²) in [5.74, 6) is -2.73. The molecule has 34 heavy (non-hydrogen) atoms. The minimum Gasteiger partial charge on any atom is -0.456 e. The molecule has 1 atom stereocenters. The van der Waals surface area contributed by atoms with Gasteiger partial charge in [0.15, 0.2) is 6.61 Å². The summed E-state index contributed by atoms with van der Waals surface area (Å²) < 4.78 is 37.2. The first-order valence-electron chi connectivity index (χ1n) is 10.5. The lowest BCUT2D eigenvalue weighted by Crippen LogP contribution is -2.45. The van der Waals surface area contributed by atoms with Gasteiger partial charge in [-0.05, 0) is 31.0 Å². The van der Waals surface area contributed by atoms with Crippen molar-refractivity contribution in [2.45, 2.75) is 31.7 Å². The number of morpholine rings is 1. The fourth-order valence-electron chi connectivity index (χ4n) is 3.13. The molecule has 0 aromatic heterocycles. The molecule has 184 valence electrons. The number of allylic oxidation sites excluding steroid dienone is 1. The minimum atomic E-state index is -3.81. The van der Waals surface area contributed by atoms with Crippen LogP contribution in [0.2, 0.25) is 0 Å². The number of hydrogen-bond donors (Lipinski definition) is 2. The Bertz CT molecular complexity index is 1110. The number of nitrogens with one attached hydrogen (secondary N) is 1. The highest BCUT2D eigenvalue weighted by Gasteiger charge is 2.29. The van der Waals surface area contributed by atoms with Crippen molar-refractivity contribution in [2.75, 3.05) is 32.9 Å². The van der Waals surface area contributed by atoms with Crippen molar-refractivity contribution >= 4 is 27.7 Å². The molecular formula is C22H28N4O7S. The smallest absolute Gasteiger partial charge is 0.329 e. The second-order valence-electron chi connectivity index (χ2n) is 7.94. The molecule has 2 rings (SSSR count). The number of sulfonamides is 1. The Hall–Kier alpha value is -3.27. The molecule has 0 radical (unpaired) electrons. The maximum absolute atomic E-state index is 12.9. The number of carbonyl (C=O) groups excluding carboxylic acids is 3. The Kier molecular flexibility index (Phi) is 9.31. The normalized spacial score (nSPS) is 16.2. The number of esters is 1. The lowest BCUT2D eigenvalue weighted by molar-refractivity contribution is -0.150. The second kappa shape index (κ2) is 11.7. The zero-order valence-corrected chi connectivity index (χ0v) is 20.1. The van der Waals surface area contributed by atoms with E-state index in [0.717, 1.165) is 0 Å². The molecule has 3 N–H and O–H groups in total. The molecule has 12 heteroatoms. The number of nitrogens with two attached hydrogens (primary N) is 1. The average Bonchev–Trinajstić information content (AvgIpc) is 2.81. The molecule has 0 bridgehead atoms. The van der Waals surface area contributed by atoms with Crippen LogP contribution in [0.3, 0.4) is 0 Å². The van der Waals surface area contributed by atoms with Gasteiger partial charge >= 0.3 is 5.97 Å². The van der Waals surface area contributed by atoms with Gasteiger partial charge in [-0.25, -0.2) is 13.2 Å². The van der Waals surface area contributed by atoms with Crippen LogP contribution >= 0.6 is 0 Å². The quantitative estimate of drug-likeness (QED) is 0.280. The van der Waals surface area contributed by atoms with Crippen molar-refractivity contribution in [1.82, 2.24) is 9.62 Å². The highest BCUT2D eigenvalue weighted by Crippen LogP contribution is 2.19. The summed E-state index contributed by atoms with van der Waals surface area (Å²) in [4.78, 5) is 37.3. The SMILES string of the molecule is C/C(N)=C(/C#N)C(=O)COC(=O)C(NC(=O)c1cccc(S(=O)(=O)N2CCOCC2)c1)C(C)C. The highest BCUT2D eigenvalue weighted by atomic mass is 32.2. The minimum absolute atomic E-state index is 0.00387. The fraction of sp³-hybridized carbons (Fsp3) is 0.455. The van der Waals surface area contributed by atoms with Gasteiger partial charge in [-0.3, -0.25) is 9.59 Å². The number of nitrogens with zero attached hydrogens (tertiary/aromatic N) is 2. The van der Waals surface area contributed by atoms with Crippen LogP contribution in [0, 0.1) is 17.2 Å². The summed E-state index contributed by atoms with van der Waals surface area (Å²) in [5, 5.41) is 11.5. The third-order valence-electron chi connectivity index (χ3n) is 5.04. The van der Waals surface area contributed by atoms with E-state index >= 15 is 0 Å². The molecule has 1 unspecified atom stereocenters. The summed E-state index contributed by atoms with van der Waals surface area (Å²) in [5.41, 5.74) is 5.20. The zero-order chi connectivity index (χ0) is 25.5. The molecule has 1 saturated heterocycles. The number of amides is 1. The molecule has 1 aliphatic rings. The Labute approximate surface area is 198 Å². The molecule has 1 heterocycles. The van der Waals surface area contributed by atoms with E-state index in [9.17, 15) is 22.8 Å². The number of Topliss-reactive ketones (excluding diaryl/α,β-unsaturated/α-hetero) is 1. The summed E-state index contributed by atoms with van der Waals surface area (Å²) in [6.45, 7) is 5.00. The van der Waals surface area contributed by atoms with E-state index in [1.807, 2.05) is 0 Å². The lowest BCUT2D eigenvalue weighted by atomic mass is 10.0. The lowest BCUT2D eigenvalue weighted by Gasteiger charge is -2.26.